The predicted octanol–water partition coefficient (Wildman–Crippen LogP) is 3.52. The van der Waals surface area contributed by atoms with Crippen LogP contribution in [0.4, 0.5) is 0 Å². The molecule has 2 atom stereocenters. The molecule has 16 heavy (non-hydrogen) atoms. The number of allylic oxidation sites excluding steroid dienone is 2. The number of rotatable bonds is 8. The summed E-state index contributed by atoms with van der Waals surface area (Å²) < 4.78 is 22.5. The van der Waals surface area contributed by atoms with Crippen molar-refractivity contribution in [2.24, 2.45) is 0 Å². The molecular weight excluding hydrogens is 242 g/mol. The lowest BCUT2D eigenvalue weighted by atomic mass is 10.6. The van der Waals surface area contributed by atoms with Crippen LogP contribution in [-0.4, -0.2) is 45.2 Å². The highest BCUT2D eigenvalue weighted by Gasteiger charge is 2.12. The Morgan fingerprint density at radius 1 is 1.06 bits per heavy atom. The third-order valence-electron chi connectivity index (χ3n) is 1.94. The Morgan fingerprint density at radius 2 is 1.56 bits per heavy atom. The van der Waals surface area contributed by atoms with E-state index in [2.05, 4.69) is 13.0 Å². The van der Waals surface area contributed by atoms with Crippen LogP contribution in [0.15, 0.2) is 12.2 Å². The van der Waals surface area contributed by atoms with Crippen molar-refractivity contribution in [2.45, 2.75) is 13.8 Å². The minimum absolute atomic E-state index is 0.493. The van der Waals surface area contributed by atoms with Crippen LogP contribution in [0.5, 0.6) is 0 Å². The quantitative estimate of drug-likeness (QED) is 0.498. The van der Waals surface area contributed by atoms with Crippen molar-refractivity contribution in [1.82, 2.24) is 0 Å². The lowest BCUT2D eigenvalue weighted by molar-refractivity contribution is 0.339. The van der Waals surface area contributed by atoms with Crippen LogP contribution in [0.1, 0.15) is 13.8 Å². The van der Waals surface area contributed by atoms with Gasteiger partial charge >= 0.3 is 0 Å². The van der Waals surface area contributed by atoms with Crippen molar-refractivity contribution >= 4 is 20.8 Å². The van der Waals surface area contributed by atoms with Crippen LogP contribution in [-0.2, 0) is 13.6 Å². The SMILES string of the molecule is C=P(C)(C/C=C\CP(C)(=O)OCC)OCC. The molecule has 96 valence electrons. The van der Waals surface area contributed by atoms with Crippen LogP contribution in [0.3, 0.4) is 0 Å². The summed E-state index contributed by atoms with van der Waals surface area (Å²) in [6, 6.07) is 0. The molecule has 0 heterocycles. The zero-order chi connectivity index (χ0) is 12.7. The van der Waals surface area contributed by atoms with Gasteiger partial charge in [-0.3, -0.25) is 4.57 Å². The lowest BCUT2D eigenvalue weighted by Crippen LogP contribution is -1.93. The van der Waals surface area contributed by atoms with Crippen molar-refractivity contribution in [3.05, 3.63) is 12.2 Å². The molecule has 0 fully saturated rings. The first-order chi connectivity index (χ1) is 7.33. The number of hydrogen-bond acceptors (Lipinski definition) is 3. The summed E-state index contributed by atoms with van der Waals surface area (Å²) in [6.45, 7) is 8.75. The van der Waals surface area contributed by atoms with Gasteiger partial charge in [-0.25, -0.2) is 0 Å². The van der Waals surface area contributed by atoms with E-state index in [1.807, 2.05) is 26.0 Å². The fourth-order valence-electron chi connectivity index (χ4n) is 1.25. The van der Waals surface area contributed by atoms with Crippen LogP contribution in [0.25, 0.3) is 0 Å². The molecule has 0 rings (SSSR count). The first-order valence-electron chi connectivity index (χ1n) is 5.53. The number of hydrogen-bond donors (Lipinski definition) is 0. The molecule has 0 radical (unpaired) electrons. The van der Waals surface area contributed by atoms with E-state index in [9.17, 15) is 4.57 Å². The maximum atomic E-state index is 11.8. The summed E-state index contributed by atoms with van der Waals surface area (Å²) in [5.74, 6) is 0. The second kappa shape index (κ2) is 7.50. The Bertz CT molecular complexity index is 280. The summed E-state index contributed by atoms with van der Waals surface area (Å²) >= 11 is 0. The van der Waals surface area contributed by atoms with Gasteiger partial charge in [-0.2, -0.15) is 0 Å². The average Bonchev–Trinajstić information content (AvgIpc) is 2.12. The van der Waals surface area contributed by atoms with Crippen LogP contribution < -0.4 is 0 Å². The molecule has 0 aromatic carbocycles. The fourth-order valence-corrected chi connectivity index (χ4v) is 3.76. The van der Waals surface area contributed by atoms with E-state index in [4.69, 9.17) is 9.05 Å². The standard InChI is InChI=1S/C11H24O3P2/c1-6-13-15(3,4)10-8-9-11-16(5,12)14-7-2/h8-9H,3,6-7,10-11H2,1-2,4-5H3/b9-8-. The van der Waals surface area contributed by atoms with Crippen LogP contribution >= 0.6 is 14.5 Å². The summed E-state index contributed by atoms with van der Waals surface area (Å²) in [7, 11) is -3.93. The van der Waals surface area contributed by atoms with Gasteiger partial charge in [0, 0.05) is 32.7 Å². The normalized spacial score (nSPS) is 19.5. The highest BCUT2D eigenvalue weighted by Crippen LogP contribution is 2.43. The monoisotopic (exact) mass is 266 g/mol. The molecule has 0 N–H and O–H groups in total. The second-order valence-corrected chi connectivity index (χ2v) is 9.85. The molecule has 0 aliphatic heterocycles. The topological polar surface area (TPSA) is 35.5 Å². The van der Waals surface area contributed by atoms with Gasteiger partial charge in [0.2, 0.25) is 7.37 Å². The van der Waals surface area contributed by atoms with E-state index in [0.29, 0.717) is 19.4 Å². The van der Waals surface area contributed by atoms with Crippen molar-refractivity contribution < 1.29 is 13.6 Å². The maximum absolute atomic E-state index is 11.8. The molecule has 0 aromatic heterocycles. The minimum atomic E-state index is -2.43. The zero-order valence-corrected chi connectivity index (χ0v) is 12.6. The van der Waals surface area contributed by atoms with E-state index < -0.39 is 14.5 Å². The van der Waals surface area contributed by atoms with E-state index in [-0.39, 0.29) is 0 Å². The van der Waals surface area contributed by atoms with Gasteiger partial charge in [0.1, 0.15) is 0 Å². The second-order valence-electron chi connectivity index (χ2n) is 3.98. The average molecular weight is 266 g/mol. The van der Waals surface area contributed by atoms with Gasteiger partial charge in [0.25, 0.3) is 0 Å². The molecule has 0 spiro atoms. The molecule has 0 saturated carbocycles. The molecule has 0 saturated heterocycles. The summed E-state index contributed by atoms with van der Waals surface area (Å²) in [6.07, 6.45) is 9.31. The predicted molar refractivity (Wildman–Crippen MR) is 75.6 cm³/mol. The molecule has 0 aromatic rings. The largest absolute Gasteiger partial charge is 0.362 e. The van der Waals surface area contributed by atoms with Crippen molar-refractivity contribution in [2.75, 3.05) is 38.9 Å². The fraction of sp³-hybridized carbons (Fsp3) is 0.727. The third kappa shape index (κ3) is 8.35. The molecule has 0 bridgehead atoms. The van der Waals surface area contributed by atoms with Gasteiger partial charge in [-0.05, 0) is 20.5 Å². The van der Waals surface area contributed by atoms with E-state index in [1.54, 1.807) is 6.66 Å². The van der Waals surface area contributed by atoms with E-state index in [0.717, 1.165) is 6.16 Å². The molecule has 5 heteroatoms. The summed E-state index contributed by atoms with van der Waals surface area (Å²) in [5.41, 5.74) is 0. The van der Waals surface area contributed by atoms with E-state index >= 15 is 0 Å². The Labute approximate surface area is 99.7 Å². The molecule has 2 unspecified atom stereocenters. The molecular formula is C11H24O3P2. The van der Waals surface area contributed by atoms with Crippen molar-refractivity contribution in [3.8, 4) is 0 Å². The smallest absolute Gasteiger partial charge is 0.203 e. The lowest BCUT2D eigenvalue weighted by Gasteiger charge is -2.16. The van der Waals surface area contributed by atoms with Gasteiger partial charge < -0.3 is 9.05 Å². The Balaban J connectivity index is 4.03. The van der Waals surface area contributed by atoms with Gasteiger partial charge in [-0.1, -0.05) is 18.5 Å². The highest BCUT2D eigenvalue weighted by atomic mass is 31.2. The highest BCUT2D eigenvalue weighted by molar-refractivity contribution is 7.68. The first kappa shape index (κ1) is 16.2. The van der Waals surface area contributed by atoms with Gasteiger partial charge in [-0.15, -0.1) is 0 Å². The zero-order valence-electron chi connectivity index (χ0n) is 10.8. The Hall–Kier alpha value is 0.190. The van der Waals surface area contributed by atoms with Crippen molar-refractivity contribution in [3.63, 3.8) is 0 Å². The minimum Gasteiger partial charge on any atom is -0.362 e. The molecule has 0 amide bonds. The van der Waals surface area contributed by atoms with E-state index in [1.165, 1.54) is 0 Å². The van der Waals surface area contributed by atoms with Crippen LogP contribution in [0.2, 0.25) is 0 Å². The molecule has 0 aliphatic rings. The third-order valence-corrected chi connectivity index (χ3v) is 5.48. The summed E-state index contributed by atoms with van der Waals surface area (Å²) in [4.78, 5) is 0. The van der Waals surface area contributed by atoms with Crippen LogP contribution in [0, 0.1) is 0 Å². The Morgan fingerprint density at radius 3 is 2.06 bits per heavy atom. The molecule has 0 aliphatic carbocycles. The van der Waals surface area contributed by atoms with Gasteiger partial charge in [0.15, 0.2) is 0 Å². The maximum Gasteiger partial charge on any atom is 0.203 e. The van der Waals surface area contributed by atoms with Crippen molar-refractivity contribution in [1.29, 1.82) is 0 Å². The van der Waals surface area contributed by atoms with Gasteiger partial charge in [0.05, 0.1) is 6.61 Å². The molecule has 3 nitrogen and oxygen atoms in total. The Kier molecular flexibility index (Phi) is 7.59. The summed E-state index contributed by atoms with van der Waals surface area (Å²) in [5, 5.41) is 0. The first-order valence-corrected chi connectivity index (χ1v) is 10.3.